The van der Waals surface area contributed by atoms with E-state index >= 15 is 0 Å². The van der Waals surface area contributed by atoms with E-state index in [1.54, 1.807) is 0 Å². The summed E-state index contributed by atoms with van der Waals surface area (Å²) < 4.78 is 5.34. The molecular formula is C15H16N2O3. The number of imide groups is 1. The van der Waals surface area contributed by atoms with Gasteiger partial charge in [-0.25, -0.2) is 0 Å². The molecule has 0 saturated carbocycles. The lowest BCUT2D eigenvalue weighted by atomic mass is 10.0. The monoisotopic (exact) mass is 272 g/mol. The maximum atomic E-state index is 11.5. The molecular weight excluding hydrogens is 256 g/mol. The largest absolute Gasteiger partial charge is 0.378 e. The fourth-order valence-corrected chi connectivity index (χ4v) is 2.49. The van der Waals surface area contributed by atoms with Gasteiger partial charge in [0.15, 0.2) is 0 Å². The van der Waals surface area contributed by atoms with Gasteiger partial charge >= 0.3 is 0 Å². The lowest BCUT2D eigenvalue weighted by Gasteiger charge is -2.29. The first-order valence-electron chi connectivity index (χ1n) is 6.70. The van der Waals surface area contributed by atoms with E-state index in [-0.39, 0.29) is 11.8 Å². The summed E-state index contributed by atoms with van der Waals surface area (Å²) in [6.45, 7) is 3.24. The van der Waals surface area contributed by atoms with Crippen molar-refractivity contribution in [3.63, 3.8) is 0 Å². The van der Waals surface area contributed by atoms with Crippen LogP contribution in [-0.4, -0.2) is 38.1 Å². The van der Waals surface area contributed by atoms with Crippen LogP contribution in [0.5, 0.6) is 0 Å². The second kappa shape index (κ2) is 5.46. The Labute approximate surface area is 117 Å². The predicted octanol–water partition coefficient (Wildman–Crippen LogP) is 0.648. The summed E-state index contributed by atoms with van der Waals surface area (Å²) >= 11 is 0. The van der Waals surface area contributed by atoms with Gasteiger partial charge < -0.3 is 9.64 Å². The maximum Gasteiger partial charge on any atom is 0.254 e. The number of amides is 2. The number of carbonyl (C=O) groups excluding carboxylic acids is 2. The summed E-state index contributed by atoms with van der Waals surface area (Å²) in [7, 11) is 0. The predicted molar refractivity (Wildman–Crippen MR) is 74.4 cm³/mol. The van der Waals surface area contributed by atoms with Crippen molar-refractivity contribution in [1.29, 1.82) is 0 Å². The van der Waals surface area contributed by atoms with Gasteiger partial charge in [0.05, 0.1) is 13.2 Å². The van der Waals surface area contributed by atoms with Gasteiger partial charge in [-0.3, -0.25) is 14.9 Å². The van der Waals surface area contributed by atoms with Crippen molar-refractivity contribution >= 4 is 17.5 Å². The highest BCUT2D eigenvalue weighted by Gasteiger charge is 2.21. The molecule has 2 aliphatic rings. The standard InChI is InChI=1S/C15H16N2O3/c18-14-10-12(15(19)16-14)8-11-2-1-3-13(9-11)17-4-6-20-7-5-17/h1-3,9-10H,4-8H2,(H,16,18,19). The Hall–Kier alpha value is -2.14. The minimum atomic E-state index is -0.325. The fourth-order valence-electron chi connectivity index (χ4n) is 2.49. The van der Waals surface area contributed by atoms with Crippen molar-refractivity contribution < 1.29 is 14.3 Å². The van der Waals surface area contributed by atoms with Crippen molar-refractivity contribution in [1.82, 2.24) is 5.32 Å². The molecule has 1 aromatic rings. The number of nitrogens with zero attached hydrogens (tertiary/aromatic N) is 1. The Balaban J connectivity index is 1.76. The van der Waals surface area contributed by atoms with Crippen LogP contribution in [-0.2, 0) is 20.7 Å². The van der Waals surface area contributed by atoms with Gasteiger partial charge in [0.2, 0.25) is 0 Å². The number of hydrogen-bond donors (Lipinski definition) is 1. The SMILES string of the molecule is O=C1C=C(Cc2cccc(N3CCOCC3)c2)C(=O)N1. The molecule has 5 heteroatoms. The first-order valence-corrected chi connectivity index (χ1v) is 6.70. The molecule has 5 nitrogen and oxygen atoms in total. The smallest absolute Gasteiger partial charge is 0.254 e. The molecule has 0 unspecified atom stereocenters. The molecule has 3 rings (SSSR count). The van der Waals surface area contributed by atoms with E-state index in [1.807, 2.05) is 12.1 Å². The maximum absolute atomic E-state index is 11.5. The van der Waals surface area contributed by atoms with Crippen LogP contribution in [0.2, 0.25) is 0 Å². The topological polar surface area (TPSA) is 58.6 Å². The van der Waals surface area contributed by atoms with E-state index in [0.29, 0.717) is 12.0 Å². The van der Waals surface area contributed by atoms with Crippen molar-refractivity contribution in [2.45, 2.75) is 6.42 Å². The minimum absolute atomic E-state index is 0.285. The molecule has 1 aromatic carbocycles. The van der Waals surface area contributed by atoms with Gasteiger partial charge in [0, 0.05) is 36.8 Å². The van der Waals surface area contributed by atoms with Gasteiger partial charge in [0.25, 0.3) is 11.8 Å². The Bertz CT molecular complexity index is 574. The number of rotatable bonds is 3. The number of anilines is 1. The molecule has 2 aliphatic heterocycles. The lowest BCUT2D eigenvalue weighted by molar-refractivity contribution is -0.123. The van der Waals surface area contributed by atoms with Crippen molar-refractivity contribution in [3.05, 3.63) is 41.5 Å². The van der Waals surface area contributed by atoms with Crippen LogP contribution in [0.3, 0.4) is 0 Å². The van der Waals surface area contributed by atoms with Gasteiger partial charge in [0.1, 0.15) is 0 Å². The van der Waals surface area contributed by atoms with E-state index in [9.17, 15) is 9.59 Å². The molecule has 0 aliphatic carbocycles. The molecule has 0 spiro atoms. The zero-order chi connectivity index (χ0) is 13.9. The normalized spacial score (nSPS) is 19.0. The molecule has 1 fully saturated rings. The van der Waals surface area contributed by atoms with E-state index in [2.05, 4.69) is 22.3 Å². The van der Waals surface area contributed by atoms with Crippen LogP contribution in [0.1, 0.15) is 5.56 Å². The highest BCUT2D eigenvalue weighted by molar-refractivity contribution is 6.16. The molecule has 20 heavy (non-hydrogen) atoms. The lowest BCUT2D eigenvalue weighted by Crippen LogP contribution is -2.36. The molecule has 2 amide bonds. The number of ether oxygens (including phenoxy) is 1. The van der Waals surface area contributed by atoms with Gasteiger partial charge in [-0.1, -0.05) is 12.1 Å². The van der Waals surface area contributed by atoms with Crippen LogP contribution in [0.15, 0.2) is 35.9 Å². The third-order valence-corrected chi connectivity index (χ3v) is 3.52. The second-order valence-electron chi connectivity index (χ2n) is 4.93. The Morgan fingerprint density at radius 3 is 2.70 bits per heavy atom. The average Bonchev–Trinajstić information content (AvgIpc) is 2.78. The first-order chi connectivity index (χ1) is 9.72. The van der Waals surface area contributed by atoms with Crippen LogP contribution < -0.4 is 10.2 Å². The summed E-state index contributed by atoms with van der Waals surface area (Å²) in [5.74, 6) is -0.610. The summed E-state index contributed by atoms with van der Waals surface area (Å²) in [6, 6.07) is 8.08. The summed E-state index contributed by atoms with van der Waals surface area (Å²) in [4.78, 5) is 25.0. The third kappa shape index (κ3) is 2.72. The highest BCUT2D eigenvalue weighted by atomic mass is 16.5. The number of morpholine rings is 1. The van der Waals surface area contributed by atoms with E-state index in [1.165, 1.54) is 6.08 Å². The summed E-state index contributed by atoms with van der Waals surface area (Å²) in [5.41, 5.74) is 2.69. The zero-order valence-electron chi connectivity index (χ0n) is 11.1. The molecule has 104 valence electrons. The fraction of sp³-hybridized carbons (Fsp3) is 0.333. The molecule has 2 heterocycles. The highest BCUT2D eigenvalue weighted by Crippen LogP contribution is 2.20. The molecule has 1 N–H and O–H groups in total. The van der Waals surface area contributed by atoms with Crippen molar-refractivity contribution in [3.8, 4) is 0 Å². The van der Waals surface area contributed by atoms with Gasteiger partial charge in [-0.05, 0) is 17.7 Å². The number of nitrogens with one attached hydrogen (secondary N) is 1. The zero-order valence-corrected chi connectivity index (χ0v) is 11.1. The molecule has 0 aromatic heterocycles. The van der Waals surface area contributed by atoms with E-state index in [0.717, 1.165) is 37.6 Å². The minimum Gasteiger partial charge on any atom is -0.378 e. The molecule has 1 saturated heterocycles. The molecule has 0 bridgehead atoms. The number of hydrogen-bond acceptors (Lipinski definition) is 4. The van der Waals surface area contributed by atoms with Crippen molar-refractivity contribution in [2.24, 2.45) is 0 Å². The van der Waals surface area contributed by atoms with Crippen LogP contribution >= 0.6 is 0 Å². The third-order valence-electron chi connectivity index (χ3n) is 3.52. The quantitative estimate of drug-likeness (QED) is 0.821. The van der Waals surface area contributed by atoms with E-state index < -0.39 is 0 Å². The Kier molecular flexibility index (Phi) is 3.52. The van der Waals surface area contributed by atoms with Gasteiger partial charge in [-0.15, -0.1) is 0 Å². The first kappa shape index (κ1) is 12.9. The van der Waals surface area contributed by atoms with Crippen LogP contribution in [0.4, 0.5) is 5.69 Å². The summed E-state index contributed by atoms with van der Waals surface area (Å²) in [6.07, 6.45) is 1.86. The average molecular weight is 272 g/mol. The van der Waals surface area contributed by atoms with Crippen LogP contribution in [0, 0.1) is 0 Å². The molecule has 0 radical (unpaired) electrons. The summed E-state index contributed by atoms with van der Waals surface area (Å²) in [5, 5.41) is 2.27. The van der Waals surface area contributed by atoms with Gasteiger partial charge in [-0.2, -0.15) is 0 Å². The second-order valence-corrected chi connectivity index (χ2v) is 4.93. The Morgan fingerprint density at radius 1 is 1.20 bits per heavy atom. The molecule has 0 atom stereocenters. The number of carbonyl (C=O) groups is 2. The van der Waals surface area contributed by atoms with Crippen molar-refractivity contribution in [2.75, 3.05) is 31.2 Å². The van der Waals surface area contributed by atoms with Crippen LogP contribution in [0.25, 0.3) is 0 Å². The van der Waals surface area contributed by atoms with E-state index in [4.69, 9.17) is 4.74 Å². The number of benzene rings is 1. The Morgan fingerprint density at radius 2 is 2.00 bits per heavy atom.